The molecule has 1 heterocycles. The maximum Gasteiger partial charge on any atom is 0.269 e. The minimum absolute atomic E-state index is 0.125. The molecule has 1 aliphatic heterocycles. The average Bonchev–Trinajstić information content (AvgIpc) is 2.79. The number of amides is 2. The molecule has 3 rings (SSSR count). The van der Waals surface area contributed by atoms with Crippen molar-refractivity contribution in [1.29, 1.82) is 0 Å². The molecule has 0 unspecified atom stereocenters. The van der Waals surface area contributed by atoms with Crippen molar-refractivity contribution in [2.24, 2.45) is 0 Å². The predicted octanol–water partition coefficient (Wildman–Crippen LogP) is 3.75. The summed E-state index contributed by atoms with van der Waals surface area (Å²) < 4.78 is 14.0. The third kappa shape index (κ3) is 1.95. The quantitative estimate of drug-likeness (QED) is 0.809. The molecule has 22 heavy (non-hydrogen) atoms. The standard InChI is InChI=1S/C18H16FNO2/c1-3-11-7-5-8-12(4-2)16(11)20-17(21)13-9-6-10-14(19)15(13)18(20)22/h5-10H,3-4H2,1-2H3. The van der Waals surface area contributed by atoms with Gasteiger partial charge in [-0.2, -0.15) is 0 Å². The van der Waals surface area contributed by atoms with Crippen LogP contribution in [0.4, 0.5) is 10.1 Å². The number of imide groups is 1. The molecule has 0 aromatic heterocycles. The van der Waals surface area contributed by atoms with Gasteiger partial charge in [-0.3, -0.25) is 9.59 Å². The lowest BCUT2D eigenvalue weighted by atomic mass is 10.0. The van der Waals surface area contributed by atoms with Crippen molar-refractivity contribution < 1.29 is 14.0 Å². The Morgan fingerprint density at radius 1 is 0.909 bits per heavy atom. The van der Waals surface area contributed by atoms with E-state index in [2.05, 4.69) is 0 Å². The van der Waals surface area contributed by atoms with Crippen LogP contribution in [0.5, 0.6) is 0 Å². The summed E-state index contributed by atoms with van der Waals surface area (Å²) in [6.45, 7) is 3.94. The van der Waals surface area contributed by atoms with Gasteiger partial charge >= 0.3 is 0 Å². The van der Waals surface area contributed by atoms with Gasteiger partial charge in [-0.1, -0.05) is 38.1 Å². The zero-order chi connectivity index (χ0) is 15.9. The lowest BCUT2D eigenvalue weighted by Gasteiger charge is -2.21. The number of anilines is 1. The Balaban J connectivity index is 2.22. The first-order valence-electron chi connectivity index (χ1n) is 7.38. The van der Waals surface area contributed by atoms with Gasteiger partial charge in [-0.25, -0.2) is 9.29 Å². The molecular weight excluding hydrogens is 281 g/mol. The Labute approximate surface area is 128 Å². The fraction of sp³-hybridized carbons (Fsp3) is 0.222. The van der Waals surface area contributed by atoms with Crippen molar-refractivity contribution in [3.05, 3.63) is 64.5 Å². The van der Waals surface area contributed by atoms with Crippen LogP contribution < -0.4 is 4.90 Å². The number of halogens is 1. The van der Waals surface area contributed by atoms with Crippen LogP contribution in [0.25, 0.3) is 0 Å². The molecular formula is C18H16FNO2. The number of para-hydroxylation sites is 1. The van der Waals surface area contributed by atoms with Gasteiger partial charge in [0.2, 0.25) is 0 Å². The lowest BCUT2D eigenvalue weighted by Crippen LogP contribution is -2.31. The van der Waals surface area contributed by atoms with E-state index in [1.165, 1.54) is 18.2 Å². The molecule has 2 amide bonds. The third-order valence-corrected chi connectivity index (χ3v) is 4.05. The van der Waals surface area contributed by atoms with Gasteiger partial charge in [0.05, 0.1) is 16.8 Å². The highest BCUT2D eigenvalue weighted by atomic mass is 19.1. The fourth-order valence-electron chi connectivity index (χ4n) is 2.95. The van der Waals surface area contributed by atoms with Crippen LogP contribution in [0, 0.1) is 5.82 Å². The molecule has 0 N–H and O–H groups in total. The number of fused-ring (bicyclic) bond motifs is 1. The number of aryl methyl sites for hydroxylation is 2. The predicted molar refractivity (Wildman–Crippen MR) is 82.7 cm³/mol. The summed E-state index contributed by atoms with van der Waals surface area (Å²) in [6.07, 6.45) is 1.39. The van der Waals surface area contributed by atoms with E-state index in [9.17, 15) is 14.0 Å². The first-order chi connectivity index (χ1) is 10.6. The Bertz CT molecular complexity index is 760. The SMILES string of the molecule is CCc1cccc(CC)c1N1C(=O)c2cccc(F)c2C1=O. The maximum atomic E-state index is 14.0. The molecule has 0 radical (unpaired) electrons. The third-order valence-electron chi connectivity index (χ3n) is 4.05. The highest BCUT2D eigenvalue weighted by Crippen LogP contribution is 2.34. The van der Waals surface area contributed by atoms with Gasteiger partial charge in [0, 0.05) is 0 Å². The van der Waals surface area contributed by atoms with E-state index in [-0.39, 0.29) is 11.1 Å². The molecule has 0 spiro atoms. The van der Waals surface area contributed by atoms with Crippen LogP contribution in [0.1, 0.15) is 45.7 Å². The van der Waals surface area contributed by atoms with Crippen LogP contribution in [0.15, 0.2) is 36.4 Å². The molecule has 4 heteroatoms. The summed E-state index contributed by atoms with van der Waals surface area (Å²) in [5.74, 6) is -1.67. The van der Waals surface area contributed by atoms with Crippen molar-refractivity contribution >= 4 is 17.5 Å². The lowest BCUT2D eigenvalue weighted by molar-refractivity contribution is 0.0924. The Morgan fingerprint density at radius 3 is 2.05 bits per heavy atom. The molecule has 112 valence electrons. The zero-order valence-electron chi connectivity index (χ0n) is 12.5. The summed E-state index contributed by atoms with van der Waals surface area (Å²) >= 11 is 0. The van der Waals surface area contributed by atoms with E-state index < -0.39 is 17.6 Å². The Kier molecular flexibility index (Phi) is 3.53. The average molecular weight is 297 g/mol. The van der Waals surface area contributed by atoms with E-state index in [1.54, 1.807) is 0 Å². The van der Waals surface area contributed by atoms with Gasteiger partial charge in [0.1, 0.15) is 5.82 Å². The maximum absolute atomic E-state index is 14.0. The van der Waals surface area contributed by atoms with Crippen molar-refractivity contribution in [3.63, 3.8) is 0 Å². The van der Waals surface area contributed by atoms with Crippen LogP contribution in [0.2, 0.25) is 0 Å². The van der Waals surface area contributed by atoms with Crippen LogP contribution >= 0.6 is 0 Å². The van der Waals surface area contributed by atoms with Gasteiger partial charge in [0.25, 0.3) is 11.8 Å². The second-order valence-electron chi connectivity index (χ2n) is 5.24. The number of benzene rings is 2. The molecule has 2 aromatic carbocycles. The number of rotatable bonds is 3. The number of hydrogen-bond donors (Lipinski definition) is 0. The normalized spacial score (nSPS) is 13.7. The summed E-state index contributed by atoms with van der Waals surface area (Å²) in [6, 6.07) is 9.87. The molecule has 1 aliphatic rings. The highest BCUT2D eigenvalue weighted by molar-refractivity contribution is 6.35. The van der Waals surface area contributed by atoms with Crippen LogP contribution in [-0.4, -0.2) is 11.8 Å². The highest BCUT2D eigenvalue weighted by Gasteiger charge is 2.40. The minimum atomic E-state index is -0.648. The van der Waals surface area contributed by atoms with Gasteiger partial charge in [-0.15, -0.1) is 0 Å². The summed E-state index contributed by atoms with van der Waals surface area (Å²) in [5, 5.41) is 0. The van der Waals surface area contributed by atoms with Crippen LogP contribution in [-0.2, 0) is 12.8 Å². The van der Waals surface area contributed by atoms with E-state index in [0.29, 0.717) is 18.5 Å². The van der Waals surface area contributed by atoms with Crippen molar-refractivity contribution in [3.8, 4) is 0 Å². The van der Waals surface area contributed by atoms with Gasteiger partial charge < -0.3 is 0 Å². The summed E-state index contributed by atoms with van der Waals surface area (Å²) in [5.41, 5.74) is 2.44. The fourth-order valence-corrected chi connectivity index (χ4v) is 2.95. The molecule has 3 nitrogen and oxygen atoms in total. The number of nitrogens with zero attached hydrogens (tertiary/aromatic N) is 1. The molecule has 0 aliphatic carbocycles. The van der Waals surface area contributed by atoms with Crippen LogP contribution in [0.3, 0.4) is 0 Å². The Hall–Kier alpha value is -2.49. The molecule has 0 atom stereocenters. The Morgan fingerprint density at radius 2 is 1.50 bits per heavy atom. The molecule has 0 fully saturated rings. The molecule has 2 aromatic rings. The molecule has 0 saturated heterocycles. The summed E-state index contributed by atoms with van der Waals surface area (Å²) in [4.78, 5) is 26.4. The zero-order valence-corrected chi connectivity index (χ0v) is 12.5. The van der Waals surface area contributed by atoms with E-state index >= 15 is 0 Å². The second kappa shape index (κ2) is 5.37. The first kappa shape index (κ1) is 14.4. The topological polar surface area (TPSA) is 37.4 Å². The molecule has 0 bridgehead atoms. The van der Waals surface area contributed by atoms with Gasteiger partial charge in [-0.05, 0) is 36.1 Å². The largest absolute Gasteiger partial charge is 0.269 e. The number of carbonyl (C=O) groups is 2. The summed E-state index contributed by atoms with van der Waals surface area (Å²) in [7, 11) is 0. The minimum Gasteiger partial charge on any atom is -0.268 e. The van der Waals surface area contributed by atoms with Gasteiger partial charge in [0.15, 0.2) is 0 Å². The number of hydrogen-bond acceptors (Lipinski definition) is 2. The second-order valence-corrected chi connectivity index (χ2v) is 5.24. The smallest absolute Gasteiger partial charge is 0.268 e. The van der Waals surface area contributed by atoms with Crippen molar-refractivity contribution in [2.45, 2.75) is 26.7 Å². The van der Waals surface area contributed by atoms with E-state index in [4.69, 9.17) is 0 Å². The number of carbonyl (C=O) groups excluding carboxylic acids is 2. The van der Waals surface area contributed by atoms with Crippen molar-refractivity contribution in [1.82, 2.24) is 0 Å². The van der Waals surface area contributed by atoms with E-state index in [1.807, 2.05) is 32.0 Å². The monoisotopic (exact) mass is 297 g/mol. The van der Waals surface area contributed by atoms with Crippen molar-refractivity contribution in [2.75, 3.05) is 4.90 Å². The molecule has 0 saturated carbocycles. The first-order valence-corrected chi connectivity index (χ1v) is 7.38. The van der Waals surface area contributed by atoms with E-state index in [0.717, 1.165) is 16.0 Å².